The van der Waals surface area contributed by atoms with Crippen molar-refractivity contribution in [3.63, 3.8) is 0 Å². The van der Waals surface area contributed by atoms with E-state index in [4.69, 9.17) is 37.0 Å². The summed E-state index contributed by atoms with van der Waals surface area (Å²) >= 11 is 0. The zero-order chi connectivity index (χ0) is 66.1. The summed E-state index contributed by atoms with van der Waals surface area (Å²) in [7, 11) is -9.91. The van der Waals surface area contributed by atoms with Crippen molar-refractivity contribution in [2.24, 2.45) is 0 Å². The topological polar surface area (TPSA) is 237 Å². The fourth-order valence-corrected chi connectivity index (χ4v) is 11.9. The van der Waals surface area contributed by atoms with E-state index in [1.54, 1.807) is 0 Å². The van der Waals surface area contributed by atoms with Crippen molar-refractivity contribution in [3.05, 3.63) is 24.3 Å². The first kappa shape index (κ1) is 87.5. The molecule has 19 heteroatoms. The Bertz CT molecular complexity index is 1820. The number of esters is 4. The van der Waals surface area contributed by atoms with E-state index < -0.39 is 97.5 Å². The number of hydrogen-bond donors (Lipinski definition) is 3. The van der Waals surface area contributed by atoms with Gasteiger partial charge in [0, 0.05) is 25.7 Å². The SMILES string of the molecule is CCCCCC/C=C\C=C/CCCCCCCC(=O)OC[C@H](COP(=O)(O)OC[C@@H](O)COP(=O)(O)OC[C@@H](COC(=O)CCCCCCCCCC)OC(=O)CCCCCCCCCCCC)OC(=O)CCCCCCCCCCCCCCCCCCC. The van der Waals surface area contributed by atoms with Gasteiger partial charge in [-0.05, 0) is 51.4 Å². The molecule has 0 aliphatic heterocycles. The van der Waals surface area contributed by atoms with Crippen LogP contribution in [0, 0.1) is 0 Å². The van der Waals surface area contributed by atoms with Gasteiger partial charge in [-0.25, -0.2) is 9.13 Å². The van der Waals surface area contributed by atoms with Crippen LogP contribution >= 0.6 is 15.6 Å². The van der Waals surface area contributed by atoms with Gasteiger partial charge in [0.15, 0.2) is 12.2 Å². The van der Waals surface area contributed by atoms with Gasteiger partial charge in [-0.15, -0.1) is 0 Å². The van der Waals surface area contributed by atoms with Crippen LogP contribution in [-0.4, -0.2) is 96.7 Å². The molecule has 0 spiro atoms. The zero-order valence-corrected chi connectivity index (χ0v) is 59.4. The van der Waals surface area contributed by atoms with E-state index in [1.807, 2.05) is 0 Å². The Morgan fingerprint density at radius 2 is 0.533 bits per heavy atom. The lowest BCUT2D eigenvalue weighted by Gasteiger charge is -2.21. The van der Waals surface area contributed by atoms with Gasteiger partial charge in [0.05, 0.1) is 26.4 Å². The van der Waals surface area contributed by atoms with Crippen LogP contribution in [0.3, 0.4) is 0 Å². The molecule has 0 radical (unpaired) electrons. The molecule has 0 aromatic rings. The van der Waals surface area contributed by atoms with Crippen LogP contribution in [0.15, 0.2) is 24.3 Å². The molecule has 90 heavy (non-hydrogen) atoms. The van der Waals surface area contributed by atoms with Crippen LogP contribution in [-0.2, 0) is 65.4 Å². The van der Waals surface area contributed by atoms with Crippen molar-refractivity contribution in [1.29, 1.82) is 0 Å². The Hall–Kier alpha value is -2.46. The maximum absolute atomic E-state index is 13.0. The highest BCUT2D eigenvalue weighted by Gasteiger charge is 2.30. The third-order valence-electron chi connectivity index (χ3n) is 16.0. The number of unbranched alkanes of at least 4 members (excludes halogenated alkanes) is 41. The second-order valence-electron chi connectivity index (χ2n) is 24.9. The van der Waals surface area contributed by atoms with Gasteiger partial charge in [0.25, 0.3) is 0 Å². The molecule has 2 unspecified atom stereocenters. The second-order valence-corrected chi connectivity index (χ2v) is 27.8. The van der Waals surface area contributed by atoms with Crippen molar-refractivity contribution in [1.82, 2.24) is 0 Å². The number of hydrogen-bond acceptors (Lipinski definition) is 15. The molecular weight excluding hydrogens is 1190 g/mol. The summed E-state index contributed by atoms with van der Waals surface area (Å²) in [5, 5.41) is 10.6. The number of rotatable bonds is 70. The molecular formula is C71H134O17P2. The van der Waals surface area contributed by atoms with Crippen molar-refractivity contribution in [2.45, 2.75) is 367 Å². The molecule has 0 aliphatic carbocycles. The lowest BCUT2D eigenvalue weighted by molar-refractivity contribution is -0.161. The number of ether oxygens (including phenoxy) is 4. The summed E-state index contributed by atoms with van der Waals surface area (Å²) in [6.45, 7) is 4.85. The standard InChI is InChI=1S/C71H134O17P2/c1-5-9-13-17-21-25-28-30-32-33-35-37-39-42-46-50-54-58-71(76)88-67(62-82-69(74)56-52-48-44-41-38-36-34-31-29-26-22-18-14-10-6-2)64-86-90(79,80)84-60-65(72)59-83-89(77,78)85-63-66(61-81-68(73)55-51-47-43-24-20-16-12-8-4)87-70(75)57-53-49-45-40-27-23-19-15-11-7-3/h26,29,31,34,65-67,72H,5-25,27-28,30,32-33,35-64H2,1-4H3,(H,77,78)(H,79,80)/b29-26-,34-31-/t65-,66+,67+/m0/s1. The molecule has 0 aromatic carbocycles. The van der Waals surface area contributed by atoms with E-state index in [2.05, 4.69) is 52.0 Å². The van der Waals surface area contributed by atoms with Crippen LogP contribution in [0.4, 0.5) is 0 Å². The van der Waals surface area contributed by atoms with Crippen LogP contribution in [0.25, 0.3) is 0 Å². The predicted octanol–water partition coefficient (Wildman–Crippen LogP) is 20.2. The molecule has 0 aliphatic rings. The van der Waals surface area contributed by atoms with Gasteiger partial charge in [0.1, 0.15) is 19.3 Å². The van der Waals surface area contributed by atoms with Gasteiger partial charge in [0.2, 0.25) is 0 Å². The van der Waals surface area contributed by atoms with Crippen molar-refractivity contribution in [2.75, 3.05) is 39.6 Å². The third-order valence-corrected chi connectivity index (χ3v) is 17.9. The first-order valence-corrected chi connectivity index (χ1v) is 39.6. The molecule has 0 saturated carbocycles. The van der Waals surface area contributed by atoms with E-state index in [0.717, 1.165) is 116 Å². The maximum Gasteiger partial charge on any atom is 0.472 e. The van der Waals surface area contributed by atoms with E-state index in [1.165, 1.54) is 154 Å². The molecule has 0 fully saturated rings. The number of aliphatic hydroxyl groups is 1. The lowest BCUT2D eigenvalue weighted by atomic mass is 10.0. The number of carbonyl (C=O) groups is 4. The first-order valence-electron chi connectivity index (χ1n) is 36.6. The summed E-state index contributed by atoms with van der Waals surface area (Å²) in [5.41, 5.74) is 0. The largest absolute Gasteiger partial charge is 0.472 e. The molecule has 530 valence electrons. The molecule has 0 aromatic heterocycles. The van der Waals surface area contributed by atoms with Crippen LogP contribution in [0.2, 0.25) is 0 Å². The smallest absolute Gasteiger partial charge is 0.462 e. The Morgan fingerprint density at radius 3 is 0.811 bits per heavy atom. The third kappa shape index (κ3) is 64.3. The molecule has 0 heterocycles. The van der Waals surface area contributed by atoms with Crippen LogP contribution < -0.4 is 0 Å². The number of allylic oxidation sites excluding steroid dienone is 4. The normalized spacial score (nSPS) is 14.2. The van der Waals surface area contributed by atoms with E-state index in [-0.39, 0.29) is 25.7 Å². The number of carbonyl (C=O) groups excluding carboxylic acids is 4. The summed E-state index contributed by atoms with van der Waals surface area (Å²) in [6, 6.07) is 0. The molecule has 0 bridgehead atoms. The monoisotopic (exact) mass is 1320 g/mol. The maximum atomic E-state index is 13.0. The molecule has 0 rings (SSSR count). The Labute approximate surface area is 548 Å². The summed E-state index contributed by atoms with van der Waals surface area (Å²) in [5.74, 6) is -2.15. The molecule has 3 N–H and O–H groups in total. The van der Waals surface area contributed by atoms with Crippen molar-refractivity contribution >= 4 is 39.5 Å². The first-order chi connectivity index (χ1) is 43.7. The average molecular weight is 1320 g/mol. The van der Waals surface area contributed by atoms with Crippen LogP contribution in [0.1, 0.15) is 349 Å². The Kier molecular flexibility index (Phi) is 63.4. The van der Waals surface area contributed by atoms with Gasteiger partial charge in [-0.2, -0.15) is 0 Å². The highest BCUT2D eigenvalue weighted by molar-refractivity contribution is 7.47. The van der Waals surface area contributed by atoms with Crippen LogP contribution in [0.5, 0.6) is 0 Å². The van der Waals surface area contributed by atoms with Gasteiger partial charge in [-0.1, -0.05) is 296 Å². The molecule has 0 amide bonds. The van der Waals surface area contributed by atoms with Crippen molar-refractivity contribution in [3.8, 4) is 0 Å². The average Bonchev–Trinajstić information content (AvgIpc) is 2.63. The summed E-state index contributed by atoms with van der Waals surface area (Å²) in [6.07, 6.45) is 56.3. The van der Waals surface area contributed by atoms with E-state index in [0.29, 0.717) is 25.7 Å². The van der Waals surface area contributed by atoms with Crippen molar-refractivity contribution < 1.29 is 80.2 Å². The Morgan fingerprint density at radius 1 is 0.311 bits per heavy atom. The highest BCUT2D eigenvalue weighted by Crippen LogP contribution is 2.45. The van der Waals surface area contributed by atoms with E-state index in [9.17, 15) is 43.2 Å². The molecule has 0 saturated heterocycles. The van der Waals surface area contributed by atoms with E-state index >= 15 is 0 Å². The number of phosphoric ester groups is 2. The second kappa shape index (κ2) is 65.2. The molecule has 17 nitrogen and oxygen atoms in total. The minimum atomic E-state index is -4.96. The quantitative estimate of drug-likeness (QED) is 0.0169. The summed E-state index contributed by atoms with van der Waals surface area (Å²) < 4.78 is 68.2. The van der Waals surface area contributed by atoms with Gasteiger partial charge >= 0.3 is 39.5 Å². The highest BCUT2D eigenvalue weighted by atomic mass is 31.2. The fourth-order valence-electron chi connectivity index (χ4n) is 10.3. The predicted molar refractivity (Wildman–Crippen MR) is 363 cm³/mol. The minimum Gasteiger partial charge on any atom is -0.462 e. The zero-order valence-electron chi connectivity index (χ0n) is 57.6. The Balaban J connectivity index is 5.24. The lowest BCUT2D eigenvalue weighted by Crippen LogP contribution is -2.30. The minimum absolute atomic E-state index is 0.102. The van der Waals surface area contributed by atoms with Gasteiger partial charge < -0.3 is 33.8 Å². The number of phosphoric acid groups is 2. The number of aliphatic hydroxyl groups excluding tert-OH is 1. The van der Waals surface area contributed by atoms with Gasteiger partial charge in [-0.3, -0.25) is 37.3 Å². The fraction of sp³-hybridized carbons (Fsp3) is 0.887. The summed E-state index contributed by atoms with van der Waals surface area (Å²) in [4.78, 5) is 72.4. The molecule has 5 atom stereocenters.